The predicted molar refractivity (Wildman–Crippen MR) is 103 cm³/mol. The van der Waals surface area contributed by atoms with Gasteiger partial charge in [-0.3, -0.25) is 4.79 Å². The summed E-state index contributed by atoms with van der Waals surface area (Å²) in [5, 5.41) is 12.0. The first-order valence-corrected chi connectivity index (χ1v) is 9.91. The summed E-state index contributed by atoms with van der Waals surface area (Å²) < 4.78 is 0. The lowest BCUT2D eigenvalue weighted by atomic mass is 9.73. The van der Waals surface area contributed by atoms with Crippen LogP contribution in [-0.4, -0.2) is 33.6 Å². The molecule has 1 aromatic rings. The largest absolute Gasteiger partial charge is 0.371 e. The van der Waals surface area contributed by atoms with Crippen LogP contribution in [0.25, 0.3) is 6.08 Å². The molecule has 3 atom stereocenters. The van der Waals surface area contributed by atoms with Gasteiger partial charge in [0.25, 0.3) is 0 Å². The van der Waals surface area contributed by atoms with Gasteiger partial charge in [-0.1, -0.05) is 55.7 Å². The maximum absolute atomic E-state index is 12.7. The van der Waals surface area contributed by atoms with Crippen LogP contribution in [0.1, 0.15) is 57.4 Å². The van der Waals surface area contributed by atoms with Gasteiger partial charge in [0.05, 0.1) is 5.54 Å². The van der Waals surface area contributed by atoms with Crippen LogP contribution in [0.2, 0.25) is 0 Å². The molecule has 1 saturated carbocycles. The second-order valence-electron chi connectivity index (χ2n) is 7.81. The molecule has 2 saturated heterocycles. The highest BCUT2D eigenvalue weighted by molar-refractivity contribution is 5.82. The van der Waals surface area contributed by atoms with Gasteiger partial charge in [-0.25, -0.2) is 0 Å². The van der Waals surface area contributed by atoms with Crippen molar-refractivity contribution in [3.8, 4) is 11.8 Å². The van der Waals surface area contributed by atoms with E-state index in [4.69, 9.17) is 0 Å². The Labute approximate surface area is 156 Å². The van der Waals surface area contributed by atoms with Gasteiger partial charge in [0.15, 0.2) is 5.60 Å². The summed E-state index contributed by atoms with van der Waals surface area (Å²) in [6.45, 7) is 2.76. The first-order chi connectivity index (χ1) is 12.6. The number of nitrogens with zero attached hydrogens (tertiary/aromatic N) is 1. The van der Waals surface area contributed by atoms with Gasteiger partial charge < -0.3 is 10.0 Å². The molecule has 4 rings (SSSR count). The lowest BCUT2D eigenvalue weighted by Gasteiger charge is -2.45. The van der Waals surface area contributed by atoms with E-state index in [1.165, 1.54) is 0 Å². The van der Waals surface area contributed by atoms with Crippen LogP contribution < -0.4 is 0 Å². The molecule has 136 valence electrons. The topological polar surface area (TPSA) is 40.5 Å². The fraction of sp³-hybridized carbons (Fsp3) is 0.522. The van der Waals surface area contributed by atoms with E-state index in [1.807, 2.05) is 30.0 Å². The van der Waals surface area contributed by atoms with Crippen LogP contribution in [0, 0.1) is 17.8 Å². The number of carbonyl (C=O) groups excluding carboxylic acids is 1. The highest BCUT2D eigenvalue weighted by atomic mass is 16.3. The van der Waals surface area contributed by atoms with Crippen molar-refractivity contribution in [1.82, 2.24) is 4.90 Å². The highest BCUT2D eigenvalue weighted by Crippen LogP contribution is 2.58. The molecule has 3 nitrogen and oxygen atoms in total. The zero-order chi connectivity index (χ0) is 18.2. The third kappa shape index (κ3) is 2.43. The van der Waals surface area contributed by atoms with Gasteiger partial charge in [0.2, 0.25) is 5.91 Å². The van der Waals surface area contributed by atoms with Gasteiger partial charge in [0, 0.05) is 19.4 Å². The van der Waals surface area contributed by atoms with Gasteiger partial charge in [-0.2, -0.15) is 0 Å². The average molecular weight is 349 g/mol. The molecule has 0 bridgehead atoms. The number of aliphatic hydroxyl groups is 1. The van der Waals surface area contributed by atoms with Crippen LogP contribution in [0.15, 0.2) is 35.9 Å². The van der Waals surface area contributed by atoms with E-state index in [0.29, 0.717) is 18.8 Å². The predicted octanol–water partition coefficient (Wildman–Crippen LogP) is 3.78. The third-order valence-corrected chi connectivity index (χ3v) is 6.51. The molecule has 3 fully saturated rings. The van der Waals surface area contributed by atoms with Crippen LogP contribution in [-0.2, 0) is 4.79 Å². The van der Waals surface area contributed by atoms with Crippen molar-refractivity contribution in [3.05, 3.63) is 41.5 Å². The molecule has 0 aromatic heterocycles. The number of carbonyl (C=O) groups is 1. The summed E-state index contributed by atoms with van der Waals surface area (Å²) in [7, 11) is 0. The van der Waals surface area contributed by atoms with E-state index >= 15 is 0 Å². The molecule has 0 unspecified atom stereocenters. The second kappa shape index (κ2) is 6.59. The Morgan fingerprint density at radius 3 is 2.88 bits per heavy atom. The number of amides is 1. The Morgan fingerprint density at radius 1 is 1.31 bits per heavy atom. The molecule has 1 spiro atoms. The van der Waals surface area contributed by atoms with Gasteiger partial charge >= 0.3 is 0 Å². The van der Waals surface area contributed by atoms with Gasteiger partial charge in [-0.05, 0) is 42.7 Å². The standard InChI is InChI=1S/C23H27NO2/c1-2-3-13-23(26)20(16-18-9-5-4-6-10-18)17-19-11-7-8-15-24-21(25)12-14-22(19,23)24/h4-6,9-10,16,19,26H,2,7-8,11-12,14-15,17H2,1H3/t19-,22-,23+/m0/s1. The van der Waals surface area contributed by atoms with E-state index in [1.54, 1.807) is 0 Å². The van der Waals surface area contributed by atoms with E-state index in [9.17, 15) is 9.90 Å². The van der Waals surface area contributed by atoms with Crippen molar-refractivity contribution >= 4 is 12.0 Å². The van der Waals surface area contributed by atoms with E-state index < -0.39 is 11.1 Å². The second-order valence-corrected chi connectivity index (χ2v) is 7.81. The van der Waals surface area contributed by atoms with Crippen molar-refractivity contribution in [1.29, 1.82) is 0 Å². The average Bonchev–Trinajstić information content (AvgIpc) is 3.01. The highest BCUT2D eigenvalue weighted by Gasteiger charge is 2.67. The Kier molecular flexibility index (Phi) is 4.40. The summed E-state index contributed by atoms with van der Waals surface area (Å²) in [6.07, 6.45) is 8.09. The minimum absolute atomic E-state index is 0.189. The molecule has 1 aliphatic carbocycles. The maximum atomic E-state index is 12.7. The summed E-state index contributed by atoms with van der Waals surface area (Å²) in [4.78, 5) is 14.7. The SMILES string of the molecule is CCC#C[C@@]1(O)C(=Cc2ccccc2)C[C@@H]2CCCCN3C(=O)CC[C@@]231. The van der Waals surface area contributed by atoms with Crippen molar-refractivity contribution in [2.24, 2.45) is 5.92 Å². The van der Waals surface area contributed by atoms with Crippen LogP contribution in [0.4, 0.5) is 0 Å². The molecule has 0 radical (unpaired) electrons. The van der Waals surface area contributed by atoms with Gasteiger partial charge in [-0.15, -0.1) is 5.92 Å². The quantitative estimate of drug-likeness (QED) is 0.784. The molecule has 2 heterocycles. The number of benzene rings is 1. The fourth-order valence-electron chi connectivity index (χ4n) is 5.39. The molecular formula is C23H27NO2. The summed E-state index contributed by atoms with van der Waals surface area (Å²) in [5.41, 5.74) is 0.294. The molecular weight excluding hydrogens is 322 g/mol. The van der Waals surface area contributed by atoms with Crippen molar-refractivity contribution < 1.29 is 9.90 Å². The molecule has 1 aromatic carbocycles. The summed E-state index contributed by atoms with van der Waals surface area (Å²) in [6, 6.07) is 10.1. The molecule has 26 heavy (non-hydrogen) atoms. The molecule has 1 amide bonds. The first kappa shape index (κ1) is 17.4. The third-order valence-electron chi connectivity index (χ3n) is 6.51. The minimum Gasteiger partial charge on any atom is -0.371 e. The van der Waals surface area contributed by atoms with Crippen molar-refractivity contribution in [2.45, 2.75) is 63.0 Å². The van der Waals surface area contributed by atoms with Crippen molar-refractivity contribution in [3.63, 3.8) is 0 Å². The molecule has 3 aliphatic rings. The lowest BCUT2D eigenvalue weighted by molar-refractivity contribution is -0.136. The zero-order valence-corrected chi connectivity index (χ0v) is 15.5. The van der Waals surface area contributed by atoms with E-state index in [2.05, 4.69) is 30.0 Å². The van der Waals surface area contributed by atoms with Crippen LogP contribution in [0.3, 0.4) is 0 Å². The summed E-state index contributed by atoms with van der Waals surface area (Å²) in [5.74, 6) is 6.86. The number of rotatable bonds is 1. The lowest BCUT2D eigenvalue weighted by Crippen LogP contribution is -2.61. The zero-order valence-electron chi connectivity index (χ0n) is 15.5. The van der Waals surface area contributed by atoms with Crippen LogP contribution in [0.5, 0.6) is 0 Å². The normalized spacial score (nSPS) is 34.8. The fourth-order valence-corrected chi connectivity index (χ4v) is 5.39. The Bertz CT molecular complexity index is 787. The molecule has 3 heteroatoms. The Morgan fingerprint density at radius 2 is 2.12 bits per heavy atom. The number of hydrogen-bond acceptors (Lipinski definition) is 2. The van der Waals surface area contributed by atoms with E-state index in [-0.39, 0.29) is 5.91 Å². The Balaban J connectivity index is 1.88. The summed E-state index contributed by atoms with van der Waals surface area (Å²) >= 11 is 0. The van der Waals surface area contributed by atoms with E-state index in [0.717, 1.165) is 49.8 Å². The first-order valence-electron chi connectivity index (χ1n) is 9.91. The monoisotopic (exact) mass is 349 g/mol. The van der Waals surface area contributed by atoms with Gasteiger partial charge in [0.1, 0.15) is 0 Å². The van der Waals surface area contributed by atoms with Crippen molar-refractivity contribution in [2.75, 3.05) is 6.54 Å². The maximum Gasteiger partial charge on any atom is 0.223 e. The smallest absolute Gasteiger partial charge is 0.223 e. The number of hydrogen-bond donors (Lipinski definition) is 1. The minimum atomic E-state index is -1.24. The molecule has 2 aliphatic heterocycles. The molecule has 1 N–H and O–H groups in total. The van der Waals surface area contributed by atoms with Crippen LogP contribution >= 0.6 is 0 Å². The Hall–Kier alpha value is -2.05.